The molecule has 0 bridgehead atoms. The van der Waals surface area contributed by atoms with Gasteiger partial charge in [-0.1, -0.05) is 26.0 Å². The Morgan fingerprint density at radius 1 is 1.09 bits per heavy atom. The Balaban J connectivity index is 2.00. The van der Waals surface area contributed by atoms with Crippen LogP contribution in [0.1, 0.15) is 57.7 Å². The van der Waals surface area contributed by atoms with Crippen molar-refractivity contribution in [3.8, 4) is 11.3 Å². The highest BCUT2D eigenvalue weighted by Gasteiger charge is 2.38. The van der Waals surface area contributed by atoms with E-state index in [1.807, 2.05) is 6.07 Å². The van der Waals surface area contributed by atoms with E-state index in [0.717, 1.165) is 36.0 Å². The summed E-state index contributed by atoms with van der Waals surface area (Å²) < 4.78 is 5.59. The first-order valence-electron chi connectivity index (χ1n) is 7.71. The molecule has 4 rings (SSSR count). The first-order chi connectivity index (χ1) is 10.4. The van der Waals surface area contributed by atoms with Crippen LogP contribution in [0.15, 0.2) is 22.8 Å². The fourth-order valence-electron chi connectivity index (χ4n) is 3.81. The Kier molecular flexibility index (Phi) is 2.57. The van der Waals surface area contributed by atoms with Gasteiger partial charge in [0.25, 0.3) is 0 Å². The quantitative estimate of drug-likeness (QED) is 0.686. The second-order valence-corrected chi connectivity index (χ2v) is 7.25. The molecule has 2 aromatic rings. The first kappa shape index (κ1) is 13.5. The summed E-state index contributed by atoms with van der Waals surface area (Å²) in [6.07, 6.45) is 4.39. The van der Waals surface area contributed by atoms with Crippen LogP contribution in [0.5, 0.6) is 0 Å². The summed E-state index contributed by atoms with van der Waals surface area (Å²) in [5, 5.41) is 0. The lowest BCUT2D eigenvalue weighted by Crippen LogP contribution is -2.28. The molecule has 1 aromatic carbocycles. The second-order valence-electron chi connectivity index (χ2n) is 7.25. The van der Waals surface area contributed by atoms with E-state index in [0.29, 0.717) is 16.9 Å². The summed E-state index contributed by atoms with van der Waals surface area (Å²) in [7, 11) is 0. The third-order valence-electron chi connectivity index (χ3n) is 5.01. The minimum Gasteiger partial charge on any atom is -0.463 e. The van der Waals surface area contributed by atoms with Crippen LogP contribution >= 0.6 is 0 Å². The zero-order valence-corrected chi connectivity index (χ0v) is 13.1. The summed E-state index contributed by atoms with van der Waals surface area (Å²) >= 11 is 0. The van der Waals surface area contributed by atoms with Gasteiger partial charge in [-0.05, 0) is 48.3 Å². The lowest BCUT2D eigenvalue weighted by molar-refractivity contribution is 0.0813. The SMILES string of the molecule is Cc1coc2c1C(=O)C(=O)c1c-2ccc2c1CCC(C)(C)C2. The zero-order chi connectivity index (χ0) is 15.6. The summed E-state index contributed by atoms with van der Waals surface area (Å²) in [5.74, 6) is -0.236. The lowest BCUT2D eigenvalue weighted by Gasteiger charge is -2.33. The molecule has 0 saturated carbocycles. The summed E-state index contributed by atoms with van der Waals surface area (Å²) in [4.78, 5) is 25.1. The number of rotatable bonds is 0. The molecule has 0 spiro atoms. The Morgan fingerprint density at radius 2 is 1.82 bits per heavy atom. The van der Waals surface area contributed by atoms with E-state index in [9.17, 15) is 9.59 Å². The minimum absolute atomic E-state index is 0.245. The Labute approximate surface area is 129 Å². The van der Waals surface area contributed by atoms with Crippen LogP contribution in [0.4, 0.5) is 0 Å². The maximum Gasteiger partial charge on any atom is 0.237 e. The molecule has 22 heavy (non-hydrogen) atoms. The van der Waals surface area contributed by atoms with Gasteiger partial charge < -0.3 is 4.42 Å². The van der Waals surface area contributed by atoms with Gasteiger partial charge >= 0.3 is 0 Å². The molecule has 0 N–H and O–H groups in total. The van der Waals surface area contributed by atoms with Crippen LogP contribution < -0.4 is 0 Å². The van der Waals surface area contributed by atoms with Gasteiger partial charge in [0.15, 0.2) is 0 Å². The molecule has 3 heteroatoms. The molecule has 1 aromatic heterocycles. The van der Waals surface area contributed by atoms with Gasteiger partial charge in [-0.15, -0.1) is 0 Å². The molecule has 2 aliphatic rings. The normalized spacial score (nSPS) is 18.7. The molecule has 0 amide bonds. The smallest absolute Gasteiger partial charge is 0.237 e. The molecular weight excluding hydrogens is 276 g/mol. The van der Waals surface area contributed by atoms with E-state index in [4.69, 9.17) is 4.42 Å². The lowest BCUT2D eigenvalue weighted by atomic mass is 9.71. The molecule has 2 aliphatic carbocycles. The second kappa shape index (κ2) is 4.19. The molecule has 0 fully saturated rings. The number of carbonyl (C=O) groups excluding carboxylic acids is 2. The number of aryl methyl sites for hydroxylation is 1. The van der Waals surface area contributed by atoms with Gasteiger partial charge in [-0.25, -0.2) is 0 Å². The number of benzene rings is 1. The topological polar surface area (TPSA) is 47.3 Å². The Hall–Kier alpha value is -2.16. The van der Waals surface area contributed by atoms with Gasteiger partial charge in [0, 0.05) is 11.1 Å². The van der Waals surface area contributed by atoms with Crippen molar-refractivity contribution in [1.29, 1.82) is 0 Å². The van der Waals surface area contributed by atoms with Crippen molar-refractivity contribution in [3.05, 3.63) is 46.2 Å². The molecular formula is C19H18O3. The third kappa shape index (κ3) is 1.68. The van der Waals surface area contributed by atoms with Crippen molar-refractivity contribution in [2.24, 2.45) is 5.41 Å². The van der Waals surface area contributed by atoms with Crippen LogP contribution in [-0.4, -0.2) is 11.6 Å². The maximum absolute atomic E-state index is 12.7. The van der Waals surface area contributed by atoms with Gasteiger partial charge in [0.05, 0.1) is 11.8 Å². The van der Waals surface area contributed by atoms with Crippen LogP contribution in [-0.2, 0) is 12.8 Å². The standard InChI is InChI=1S/C19H18O3/c1-10-9-22-18-13-5-4-11-8-19(2,3)7-6-12(11)15(13)17(21)16(20)14(10)18/h4-5,9H,6-8H2,1-3H3. The van der Waals surface area contributed by atoms with Gasteiger partial charge in [-0.2, -0.15) is 0 Å². The predicted octanol–water partition coefficient (Wildman–Crippen LogP) is 4.15. The molecule has 0 atom stereocenters. The Bertz CT molecular complexity index is 837. The van der Waals surface area contributed by atoms with Crippen LogP contribution in [0.25, 0.3) is 11.3 Å². The van der Waals surface area contributed by atoms with Crippen LogP contribution in [0.3, 0.4) is 0 Å². The fraction of sp³-hybridized carbons (Fsp3) is 0.368. The molecule has 1 heterocycles. The summed E-state index contributed by atoms with van der Waals surface area (Å²) in [6, 6.07) is 4.04. The van der Waals surface area contributed by atoms with E-state index >= 15 is 0 Å². The maximum atomic E-state index is 12.7. The number of fused-ring (bicyclic) bond motifs is 5. The minimum atomic E-state index is -0.424. The van der Waals surface area contributed by atoms with Crippen molar-refractivity contribution in [3.63, 3.8) is 0 Å². The van der Waals surface area contributed by atoms with Crippen molar-refractivity contribution >= 4 is 11.6 Å². The van der Waals surface area contributed by atoms with Crippen molar-refractivity contribution in [2.45, 2.75) is 40.0 Å². The molecule has 0 aliphatic heterocycles. The number of furan rings is 1. The van der Waals surface area contributed by atoms with Gasteiger partial charge in [-0.3, -0.25) is 9.59 Å². The monoisotopic (exact) mass is 294 g/mol. The Morgan fingerprint density at radius 3 is 2.59 bits per heavy atom. The number of hydrogen-bond donors (Lipinski definition) is 0. The van der Waals surface area contributed by atoms with E-state index in [1.165, 1.54) is 5.56 Å². The predicted molar refractivity (Wildman–Crippen MR) is 83.3 cm³/mol. The molecule has 112 valence electrons. The van der Waals surface area contributed by atoms with Crippen molar-refractivity contribution < 1.29 is 14.0 Å². The number of hydrogen-bond acceptors (Lipinski definition) is 3. The van der Waals surface area contributed by atoms with E-state index in [-0.39, 0.29) is 11.2 Å². The van der Waals surface area contributed by atoms with Crippen LogP contribution in [0, 0.1) is 12.3 Å². The summed E-state index contributed by atoms with van der Waals surface area (Å²) in [6.45, 7) is 6.30. The molecule has 0 unspecified atom stereocenters. The largest absolute Gasteiger partial charge is 0.463 e. The van der Waals surface area contributed by atoms with Crippen molar-refractivity contribution in [2.75, 3.05) is 0 Å². The number of carbonyl (C=O) groups is 2. The third-order valence-corrected chi connectivity index (χ3v) is 5.01. The van der Waals surface area contributed by atoms with E-state index in [2.05, 4.69) is 19.9 Å². The molecule has 3 nitrogen and oxygen atoms in total. The van der Waals surface area contributed by atoms with Crippen molar-refractivity contribution in [1.82, 2.24) is 0 Å². The van der Waals surface area contributed by atoms with Crippen LogP contribution in [0.2, 0.25) is 0 Å². The number of Topliss-reactive ketones (excluding diaryl/α,β-unsaturated/α-hetero) is 2. The molecule has 0 saturated heterocycles. The number of ketones is 2. The summed E-state index contributed by atoms with van der Waals surface area (Å²) in [5.41, 5.74) is 5.03. The fourth-order valence-corrected chi connectivity index (χ4v) is 3.81. The van der Waals surface area contributed by atoms with E-state index in [1.54, 1.807) is 13.2 Å². The highest BCUT2D eigenvalue weighted by molar-refractivity contribution is 6.53. The molecule has 0 radical (unpaired) electrons. The average molecular weight is 294 g/mol. The zero-order valence-electron chi connectivity index (χ0n) is 13.1. The first-order valence-corrected chi connectivity index (χ1v) is 7.71. The highest BCUT2D eigenvalue weighted by Crippen LogP contribution is 2.43. The van der Waals surface area contributed by atoms with E-state index < -0.39 is 5.78 Å². The average Bonchev–Trinajstić information content (AvgIpc) is 2.85. The van der Waals surface area contributed by atoms with Gasteiger partial charge in [0.2, 0.25) is 11.6 Å². The highest BCUT2D eigenvalue weighted by atomic mass is 16.3. The van der Waals surface area contributed by atoms with Gasteiger partial charge in [0.1, 0.15) is 5.76 Å².